The molecule has 100 valence electrons. The SMILES string of the molecule is C1=CC(C2CCCCC2)(C2CCCCC2)CN=N1. The molecule has 2 aliphatic carbocycles. The van der Waals surface area contributed by atoms with Crippen molar-refractivity contribution in [2.75, 3.05) is 6.54 Å². The van der Waals surface area contributed by atoms with Crippen LogP contribution in [-0.2, 0) is 0 Å². The lowest BCUT2D eigenvalue weighted by atomic mass is 9.58. The van der Waals surface area contributed by atoms with Crippen LogP contribution in [0.2, 0.25) is 0 Å². The minimum atomic E-state index is 0.378. The standard InChI is InChI=1S/C16H26N2/c1-3-7-14(8-4-1)16(11-12-17-18-13-16)15-9-5-2-6-10-15/h11-12,14-15H,1-10,13H2. The molecule has 0 aromatic carbocycles. The van der Waals surface area contributed by atoms with Crippen molar-refractivity contribution in [2.45, 2.75) is 64.2 Å². The molecule has 0 spiro atoms. The van der Waals surface area contributed by atoms with Gasteiger partial charge in [0.15, 0.2) is 0 Å². The second-order valence-electron chi connectivity index (χ2n) is 6.51. The molecule has 1 aliphatic heterocycles. The van der Waals surface area contributed by atoms with Crippen molar-refractivity contribution in [3.63, 3.8) is 0 Å². The van der Waals surface area contributed by atoms with Gasteiger partial charge in [0.05, 0.1) is 6.54 Å². The van der Waals surface area contributed by atoms with Crippen LogP contribution in [0.25, 0.3) is 0 Å². The Balaban J connectivity index is 1.82. The Kier molecular flexibility index (Phi) is 3.81. The Morgan fingerprint density at radius 3 is 1.78 bits per heavy atom. The predicted octanol–water partition coefficient (Wildman–Crippen LogP) is 5.11. The average Bonchev–Trinajstić information content (AvgIpc) is 2.50. The maximum absolute atomic E-state index is 4.42. The molecule has 0 unspecified atom stereocenters. The van der Waals surface area contributed by atoms with Crippen LogP contribution in [0.15, 0.2) is 22.5 Å². The lowest BCUT2D eigenvalue weighted by Gasteiger charge is -2.47. The molecule has 3 aliphatic rings. The van der Waals surface area contributed by atoms with E-state index >= 15 is 0 Å². The predicted molar refractivity (Wildman–Crippen MR) is 74.4 cm³/mol. The van der Waals surface area contributed by atoms with Gasteiger partial charge in [-0.3, -0.25) is 0 Å². The van der Waals surface area contributed by atoms with E-state index in [0.717, 1.165) is 18.4 Å². The minimum absolute atomic E-state index is 0.378. The van der Waals surface area contributed by atoms with E-state index in [1.807, 2.05) is 6.20 Å². The van der Waals surface area contributed by atoms with Gasteiger partial charge in [0.2, 0.25) is 0 Å². The highest BCUT2D eigenvalue weighted by Crippen LogP contribution is 2.50. The molecular formula is C16H26N2. The van der Waals surface area contributed by atoms with Crippen molar-refractivity contribution in [2.24, 2.45) is 27.5 Å². The summed E-state index contributed by atoms with van der Waals surface area (Å²) < 4.78 is 0. The maximum Gasteiger partial charge on any atom is 0.0699 e. The second-order valence-corrected chi connectivity index (χ2v) is 6.51. The third kappa shape index (κ3) is 2.26. The smallest absolute Gasteiger partial charge is 0.0699 e. The van der Waals surface area contributed by atoms with Gasteiger partial charge >= 0.3 is 0 Å². The third-order valence-electron chi connectivity index (χ3n) is 5.61. The summed E-state index contributed by atoms with van der Waals surface area (Å²) in [5.74, 6) is 1.76. The van der Waals surface area contributed by atoms with Crippen LogP contribution in [0.4, 0.5) is 0 Å². The van der Waals surface area contributed by atoms with Crippen LogP contribution >= 0.6 is 0 Å². The van der Waals surface area contributed by atoms with Crippen LogP contribution in [0.5, 0.6) is 0 Å². The van der Waals surface area contributed by atoms with E-state index in [4.69, 9.17) is 0 Å². The molecule has 0 aromatic heterocycles. The highest BCUT2D eigenvalue weighted by molar-refractivity contribution is 5.10. The van der Waals surface area contributed by atoms with E-state index in [1.54, 1.807) is 0 Å². The summed E-state index contributed by atoms with van der Waals surface area (Å²) >= 11 is 0. The molecule has 0 saturated heterocycles. The van der Waals surface area contributed by atoms with Crippen LogP contribution in [-0.4, -0.2) is 6.54 Å². The minimum Gasteiger partial charge on any atom is -0.188 e. The topological polar surface area (TPSA) is 24.7 Å². The summed E-state index contributed by atoms with van der Waals surface area (Å²) in [5.41, 5.74) is 0.378. The molecular weight excluding hydrogens is 220 g/mol. The van der Waals surface area contributed by atoms with Gasteiger partial charge < -0.3 is 0 Å². The van der Waals surface area contributed by atoms with Gasteiger partial charge in [0, 0.05) is 11.6 Å². The maximum atomic E-state index is 4.42. The summed E-state index contributed by atoms with van der Waals surface area (Å²) in [5, 5.41) is 8.53. The molecule has 0 atom stereocenters. The number of rotatable bonds is 2. The summed E-state index contributed by atoms with van der Waals surface area (Å²) in [6.45, 7) is 0.971. The third-order valence-corrected chi connectivity index (χ3v) is 5.61. The van der Waals surface area contributed by atoms with Crippen LogP contribution in [0, 0.1) is 17.3 Å². The quantitative estimate of drug-likeness (QED) is 0.646. The Bertz CT molecular complexity index is 302. The van der Waals surface area contributed by atoms with E-state index < -0.39 is 0 Å². The first-order valence-electron chi connectivity index (χ1n) is 7.96. The Labute approximate surface area is 111 Å². The van der Waals surface area contributed by atoms with Gasteiger partial charge in [0.25, 0.3) is 0 Å². The molecule has 0 N–H and O–H groups in total. The number of nitrogens with zero attached hydrogens (tertiary/aromatic N) is 2. The number of hydrogen-bond acceptors (Lipinski definition) is 2. The van der Waals surface area contributed by atoms with E-state index in [-0.39, 0.29) is 0 Å². The summed E-state index contributed by atoms with van der Waals surface area (Å²) in [6.07, 6.45) is 18.8. The fourth-order valence-electron chi connectivity index (χ4n) is 4.58. The van der Waals surface area contributed by atoms with Crippen LogP contribution in [0.1, 0.15) is 64.2 Å². The van der Waals surface area contributed by atoms with Crippen molar-refractivity contribution < 1.29 is 0 Å². The molecule has 2 fully saturated rings. The molecule has 0 amide bonds. The van der Waals surface area contributed by atoms with Gasteiger partial charge in [0.1, 0.15) is 0 Å². The van der Waals surface area contributed by atoms with Crippen molar-refractivity contribution in [3.8, 4) is 0 Å². The van der Waals surface area contributed by atoms with E-state index in [9.17, 15) is 0 Å². The van der Waals surface area contributed by atoms with Gasteiger partial charge in [-0.05, 0) is 37.5 Å². The van der Waals surface area contributed by atoms with Crippen molar-refractivity contribution in [1.29, 1.82) is 0 Å². The number of hydrogen-bond donors (Lipinski definition) is 0. The summed E-state index contributed by atoms with van der Waals surface area (Å²) in [6, 6.07) is 0. The van der Waals surface area contributed by atoms with Crippen molar-refractivity contribution in [1.82, 2.24) is 0 Å². The Hall–Kier alpha value is -0.660. The Morgan fingerprint density at radius 1 is 0.778 bits per heavy atom. The fraction of sp³-hybridized carbons (Fsp3) is 0.875. The van der Waals surface area contributed by atoms with Gasteiger partial charge in [-0.25, -0.2) is 0 Å². The second kappa shape index (κ2) is 5.54. The highest BCUT2D eigenvalue weighted by atomic mass is 15.1. The monoisotopic (exact) mass is 246 g/mol. The molecule has 1 heterocycles. The average molecular weight is 246 g/mol. The van der Waals surface area contributed by atoms with Crippen LogP contribution < -0.4 is 0 Å². The molecule has 2 nitrogen and oxygen atoms in total. The summed E-state index contributed by atoms with van der Waals surface area (Å²) in [7, 11) is 0. The Morgan fingerprint density at radius 2 is 1.33 bits per heavy atom. The van der Waals surface area contributed by atoms with Gasteiger partial charge in [-0.1, -0.05) is 44.6 Å². The van der Waals surface area contributed by atoms with E-state index in [0.29, 0.717) is 5.41 Å². The van der Waals surface area contributed by atoms with Gasteiger partial charge in [-0.2, -0.15) is 10.2 Å². The molecule has 3 rings (SSSR count). The molecule has 2 heteroatoms. The zero-order valence-electron chi connectivity index (χ0n) is 11.5. The lowest BCUT2D eigenvalue weighted by molar-refractivity contribution is 0.0735. The zero-order chi connectivity index (χ0) is 12.3. The van der Waals surface area contributed by atoms with Crippen molar-refractivity contribution >= 4 is 0 Å². The first-order valence-corrected chi connectivity index (χ1v) is 7.96. The fourth-order valence-corrected chi connectivity index (χ4v) is 4.58. The lowest BCUT2D eigenvalue weighted by Crippen LogP contribution is -2.41. The van der Waals surface area contributed by atoms with E-state index in [2.05, 4.69) is 16.3 Å². The van der Waals surface area contributed by atoms with Crippen molar-refractivity contribution in [3.05, 3.63) is 12.3 Å². The largest absolute Gasteiger partial charge is 0.188 e. The molecule has 0 bridgehead atoms. The molecule has 18 heavy (non-hydrogen) atoms. The number of azo groups is 1. The molecule has 2 saturated carbocycles. The van der Waals surface area contributed by atoms with Gasteiger partial charge in [-0.15, -0.1) is 0 Å². The summed E-state index contributed by atoms with van der Waals surface area (Å²) in [4.78, 5) is 0. The normalized spacial score (nSPS) is 29.6. The first kappa shape index (κ1) is 12.4. The highest BCUT2D eigenvalue weighted by Gasteiger charge is 2.44. The van der Waals surface area contributed by atoms with Crippen LogP contribution in [0.3, 0.4) is 0 Å². The van der Waals surface area contributed by atoms with E-state index in [1.165, 1.54) is 64.2 Å². The molecule has 0 radical (unpaired) electrons. The zero-order valence-corrected chi connectivity index (χ0v) is 11.5. The first-order chi connectivity index (χ1) is 8.92. The molecule has 0 aromatic rings.